The molecule has 2 heterocycles. The van der Waals surface area contributed by atoms with Gasteiger partial charge in [-0.1, -0.05) is 127 Å². The van der Waals surface area contributed by atoms with Gasteiger partial charge in [0.1, 0.15) is 11.2 Å². The Kier molecular flexibility index (Phi) is 6.53. The number of hydrogen-bond acceptors (Lipinski definition) is 1. The second-order valence-electron chi connectivity index (χ2n) is 12.9. The normalized spacial score (nSPS) is 11.6. The lowest BCUT2D eigenvalue weighted by Gasteiger charge is -2.13. The van der Waals surface area contributed by atoms with Crippen molar-refractivity contribution in [2.75, 3.05) is 0 Å². The number of furan rings is 1. The van der Waals surface area contributed by atoms with Gasteiger partial charge in [0.15, 0.2) is 0 Å². The third kappa shape index (κ3) is 4.65. The third-order valence-corrected chi connectivity index (χ3v) is 9.97. The van der Waals surface area contributed by atoms with Crippen LogP contribution in [0.25, 0.3) is 93.9 Å². The van der Waals surface area contributed by atoms with Gasteiger partial charge in [-0.2, -0.15) is 0 Å². The van der Waals surface area contributed by atoms with Gasteiger partial charge in [-0.3, -0.25) is 0 Å². The molecule has 0 saturated carbocycles. The van der Waals surface area contributed by atoms with Crippen LogP contribution in [0.15, 0.2) is 192 Å². The molecule has 0 aliphatic carbocycles. The van der Waals surface area contributed by atoms with Gasteiger partial charge in [0.2, 0.25) is 0 Å². The van der Waals surface area contributed by atoms with Crippen LogP contribution in [0.5, 0.6) is 0 Å². The van der Waals surface area contributed by atoms with Gasteiger partial charge in [-0.05, 0) is 99.6 Å². The van der Waals surface area contributed by atoms with Crippen LogP contribution >= 0.6 is 0 Å². The van der Waals surface area contributed by atoms with Gasteiger partial charge in [0.05, 0.1) is 11.0 Å². The highest BCUT2D eigenvalue weighted by atomic mass is 16.3. The molecular formula is C48H31NO. The van der Waals surface area contributed by atoms with Crippen LogP contribution in [0, 0.1) is 0 Å². The zero-order valence-corrected chi connectivity index (χ0v) is 27.3. The predicted molar refractivity (Wildman–Crippen MR) is 210 cm³/mol. The van der Waals surface area contributed by atoms with Gasteiger partial charge in [-0.15, -0.1) is 0 Å². The van der Waals surface area contributed by atoms with Crippen LogP contribution in [0.2, 0.25) is 0 Å². The molecule has 2 heteroatoms. The molecule has 0 bridgehead atoms. The van der Waals surface area contributed by atoms with Gasteiger partial charge in [0, 0.05) is 32.8 Å². The molecule has 0 fully saturated rings. The van der Waals surface area contributed by atoms with Crippen molar-refractivity contribution in [1.82, 2.24) is 4.57 Å². The first-order valence-corrected chi connectivity index (χ1v) is 17.1. The molecule has 0 unspecified atom stereocenters. The molecule has 0 aliphatic heterocycles. The molecule has 50 heavy (non-hydrogen) atoms. The summed E-state index contributed by atoms with van der Waals surface area (Å²) in [6.07, 6.45) is 0. The standard InChI is InChI=1S/C48H31NO/c1-3-13-32(14-4-1)33-15-11-16-34(27-33)36-28-37(30-38(29-36)40-21-12-22-43-42-20-8-10-24-47(42)50-48(40)43)35-25-26-46-44(31-35)41-19-7-9-23-45(41)49(46)39-17-5-2-6-18-39/h1-31H. The van der Waals surface area contributed by atoms with Gasteiger partial charge < -0.3 is 8.98 Å². The quantitative estimate of drug-likeness (QED) is 0.184. The predicted octanol–water partition coefficient (Wildman–Crippen LogP) is 13.4. The van der Waals surface area contributed by atoms with Crippen LogP contribution in [-0.2, 0) is 0 Å². The Morgan fingerprint density at radius 1 is 0.320 bits per heavy atom. The fraction of sp³-hybridized carbons (Fsp3) is 0. The molecule has 0 spiro atoms. The van der Waals surface area contributed by atoms with Gasteiger partial charge in [-0.25, -0.2) is 0 Å². The highest BCUT2D eigenvalue weighted by Crippen LogP contribution is 2.41. The summed E-state index contributed by atoms with van der Waals surface area (Å²) in [4.78, 5) is 0. The molecule has 10 rings (SSSR count). The van der Waals surface area contributed by atoms with Crippen molar-refractivity contribution in [2.45, 2.75) is 0 Å². The van der Waals surface area contributed by atoms with Crippen molar-refractivity contribution < 1.29 is 4.42 Å². The van der Waals surface area contributed by atoms with Crippen molar-refractivity contribution in [2.24, 2.45) is 0 Å². The summed E-state index contributed by atoms with van der Waals surface area (Å²) in [7, 11) is 0. The van der Waals surface area contributed by atoms with E-state index in [1.54, 1.807) is 0 Å². The molecule has 2 nitrogen and oxygen atoms in total. The van der Waals surface area contributed by atoms with Crippen LogP contribution in [0.4, 0.5) is 0 Å². The minimum absolute atomic E-state index is 0.905. The average molecular weight is 638 g/mol. The van der Waals surface area contributed by atoms with E-state index in [0.717, 1.165) is 49.9 Å². The van der Waals surface area contributed by atoms with E-state index in [4.69, 9.17) is 4.42 Å². The molecule has 0 N–H and O–H groups in total. The largest absolute Gasteiger partial charge is 0.455 e. The van der Waals surface area contributed by atoms with E-state index in [1.807, 2.05) is 6.07 Å². The Balaban J connectivity index is 1.21. The Morgan fingerprint density at radius 2 is 0.880 bits per heavy atom. The Labute approximate surface area is 290 Å². The molecule has 0 atom stereocenters. The lowest BCUT2D eigenvalue weighted by Crippen LogP contribution is -1.93. The summed E-state index contributed by atoms with van der Waals surface area (Å²) >= 11 is 0. The van der Waals surface area contributed by atoms with Gasteiger partial charge >= 0.3 is 0 Å². The van der Waals surface area contributed by atoms with Crippen molar-refractivity contribution in [3.8, 4) is 50.2 Å². The molecule has 0 radical (unpaired) electrons. The topological polar surface area (TPSA) is 18.1 Å². The maximum atomic E-state index is 6.55. The number of hydrogen-bond donors (Lipinski definition) is 0. The summed E-state index contributed by atoms with van der Waals surface area (Å²) in [6.45, 7) is 0. The van der Waals surface area contributed by atoms with Crippen LogP contribution in [0.1, 0.15) is 0 Å². The van der Waals surface area contributed by atoms with E-state index in [1.165, 1.54) is 44.1 Å². The average Bonchev–Trinajstić information content (AvgIpc) is 3.74. The molecule has 0 aliphatic rings. The van der Waals surface area contributed by atoms with Crippen LogP contribution in [0.3, 0.4) is 0 Å². The Morgan fingerprint density at radius 3 is 1.70 bits per heavy atom. The van der Waals surface area contributed by atoms with E-state index >= 15 is 0 Å². The highest BCUT2D eigenvalue weighted by Gasteiger charge is 2.17. The van der Waals surface area contributed by atoms with Crippen molar-refractivity contribution in [3.63, 3.8) is 0 Å². The molecule has 234 valence electrons. The number of rotatable bonds is 5. The van der Waals surface area contributed by atoms with E-state index in [-0.39, 0.29) is 0 Å². The first-order valence-electron chi connectivity index (χ1n) is 17.1. The number of fused-ring (bicyclic) bond motifs is 6. The van der Waals surface area contributed by atoms with E-state index in [0.29, 0.717) is 0 Å². The summed E-state index contributed by atoms with van der Waals surface area (Å²) in [6, 6.07) is 67.5. The molecule has 2 aromatic heterocycles. The zero-order chi connectivity index (χ0) is 33.0. The summed E-state index contributed by atoms with van der Waals surface area (Å²) < 4.78 is 8.92. The fourth-order valence-corrected chi connectivity index (χ4v) is 7.61. The van der Waals surface area contributed by atoms with Crippen molar-refractivity contribution >= 4 is 43.7 Å². The molecule has 8 aromatic carbocycles. The summed E-state index contributed by atoms with van der Waals surface area (Å²) in [5.74, 6) is 0. The number of aromatic nitrogens is 1. The number of nitrogens with zero attached hydrogens (tertiary/aromatic N) is 1. The number of para-hydroxylation sites is 4. The van der Waals surface area contributed by atoms with Crippen molar-refractivity contribution in [1.29, 1.82) is 0 Å². The Hall–Kier alpha value is -6.64. The summed E-state index contributed by atoms with van der Waals surface area (Å²) in [5.41, 5.74) is 14.7. The zero-order valence-electron chi connectivity index (χ0n) is 27.3. The minimum Gasteiger partial charge on any atom is -0.455 e. The minimum atomic E-state index is 0.905. The van der Waals surface area contributed by atoms with Crippen LogP contribution < -0.4 is 0 Å². The van der Waals surface area contributed by atoms with E-state index < -0.39 is 0 Å². The Bertz CT molecular complexity index is 2860. The monoisotopic (exact) mass is 637 g/mol. The summed E-state index contributed by atoms with van der Waals surface area (Å²) in [5, 5.41) is 4.74. The molecule has 0 saturated heterocycles. The van der Waals surface area contributed by atoms with Gasteiger partial charge in [0.25, 0.3) is 0 Å². The maximum Gasteiger partial charge on any atom is 0.143 e. The van der Waals surface area contributed by atoms with E-state index in [2.05, 4.69) is 187 Å². The fourth-order valence-electron chi connectivity index (χ4n) is 7.61. The van der Waals surface area contributed by atoms with Crippen molar-refractivity contribution in [3.05, 3.63) is 188 Å². The molecular weight excluding hydrogens is 607 g/mol. The lowest BCUT2D eigenvalue weighted by molar-refractivity contribution is 0.670. The first-order chi connectivity index (χ1) is 24.8. The second kappa shape index (κ2) is 11.5. The highest BCUT2D eigenvalue weighted by molar-refractivity contribution is 6.11. The molecule has 0 amide bonds. The lowest BCUT2D eigenvalue weighted by atomic mass is 9.91. The SMILES string of the molecule is c1ccc(-c2cccc(-c3cc(-c4ccc5c(c4)c4ccccc4n5-c4ccccc4)cc(-c4cccc5c4oc4ccccc45)c3)c2)cc1. The van der Waals surface area contributed by atoms with Crippen LogP contribution in [-0.4, -0.2) is 4.57 Å². The smallest absolute Gasteiger partial charge is 0.143 e. The third-order valence-electron chi connectivity index (χ3n) is 9.97. The van der Waals surface area contributed by atoms with E-state index in [9.17, 15) is 0 Å². The maximum absolute atomic E-state index is 6.55. The first kappa shape index (κ1) is 28.4. The second-order valence-corrected chi connectivity index (χ2v) is 12.9. The number of benzene rings is 8. The molecule has 10 aromatic rings.